The predicted octanol–water partition coefficient (Wildman–Crippen LogP) is 1.78. The second-order valence-electron chi connectivity index (χ2n) is 5.71. The van der Waals surface area contributed by atoms with Crippen LogP contribution in [0.1, 0.15) is 32.1 Å². The Bertz CT molecular complexity index is 1010. The summed E-state index contributed by atoms with van der Waals surface area (Å²) >= 11 is 0. The molecular formula is C18H18N4O4. The van der Waals surface area contributed by atoms with Crippen LogP contribution in [0.5, 0.6) is 11.5 Å². The Morgan fingerprint density at radius 2 is 1.92 bits per heavy atom. The molecule has 3 rings (SSSR count). The van der Waals surface area contributed by atoms with Gasteiger partial charge in [0, 0.05) is 11.8 Å². The zero-order valence-corrected chi connectivity index (χ0v) is 14.6. The summed E-state index contributed by atoms with van der Waals surface area (Å²) in [5, 5.41) is 0. The maximum Gasteiger partial charge on any atom is 0.362 e. The van der Waals surface area contributed by atoms with Crippen molar-refractivity contribution in [2.45, 2.75) is 13.8 Å². The zero-order valence-electron chi connectivity index (χ0n) is 14.6. The monoisotopic (exact) mass is 354 g/mol. The van der Waals surface area contributed by atoms with Crippen molar-refractivity contribution < 1.29 is 19.1 Å². The number of ether oxygens (including phenoxy) is 2. The molecule has 2 aromatic heterocycles. The van der Waals surface area contributed by atoms with Crippen molar-refractivity contribution in [1.82, 2.24) is 14.8 Å². The van der Waals surface area contributed by atoms with E-state index in [2.05, 4.69) is 4.98 Å². The van der Waals surface area contributed by atoms with E-state index in [1.165, 1.54) is 25.3 Å². The minimum absolute atomic E-state index is 0.111. The fourth-order valence-corrected chi connectivity index (χ4v) is 2.64. The fraction of sp³-hybridized carbons (Fsp3) is 0.167. The first-order chi connectivity index (χ1) is 12.4. The number of nitrogen functional groups attached to an aromatic ring is 1. The molecule has 0 aliphatic rings. The van der Waals surface area contributed by atoms with Crippen LogP contribution < -0.4 is 20.7 Å². The summed E-state index contributed by atoms with van der Waals surface area (Å²) in [5.41, 5.74) is 4.79. The lowest BCUT2D eigenvalue weighted by Crippen LogP contribution is -2.30. The molecule has 8 heteroatoms. The van der Waals surface area contributed by atoms with Gasteiger partial charge in [0.2, 0.25) is 0 Å². The van der Waals surface area contributed by atoms with Crippen molar-refractivity contribution in [2.75, 3.05) is 7.11 Å². The van der Waals surface area contributed by atoms with Crippen LogP contribution in [0.4, 0.5) is 0 Å². The van der Waals surface area contributed by atoms with Gasteiger partial charge < -0.3 is 9.47 Å². The number of fused-ring (bicyclic) bond motifs is 1. The number of amides is 1. The number of hydrogen-bond acceptors (Lipinski definition) is 6. The van der Waals surface area contributed by atoms with Crippen LogP contribution in [0, 0.1) is 13.8 Å². The molecule has 0 radical (unpaired) electrons. The first-order valence-corrected chi connectivity index (χ1v) is 7.81. The van der Waals surface area contributed by atoms with Gasteiger partial charge in [-0.3, -0.25) is 14.6 Å². The van der Waals surface area contributed by atoms with Crippen LogP contribution in [0.2, 0.25) is 0 Å². The van der Waals surface area contributed by atoms with Crippen molar-refractivity contribution in [2.24, 2.45) is 5.84 Å². The fourth-order valence-electron chi connectivity index (χ4n) is 2.64. The molecule has 0 spiro atoms. The van der Waals surface area contributed by atoms with E-state index < -0.39 is 11.9 Å². The van der Waals surface area contributed by atoms with Gasteiger partial charge in [-0.15, -0.1) is 0 Å². The third kappa shape index (κ3) is 3.09. The van der Waals surface area contributed by atoms with E-state index >= 15 is 0 Å². The van der Waals surface area contributed by atoms with Gasteiger partial charge in [-0.1, -0.05) is 0 Å². The number of nitrogens with one attached hydrogen (secondary N) is 1. The Balaban J connectivity index is 2.00. The molecular weight excluding hydrogens is 336 g/mol. The summed E-state index contributed by atoms with van der Waals surface area (Å²) in [6, 6.07) is 8.18. The molecule has 3 aromatic rings. The lowest BCUT2D eigenvalue weighted by molar-refractivity contribution is 0.0720. The molecule has 134 valence electrons. The molecule has 1 aromatic carbocycles. The number of imidazole rings is 1. The number of nitrogens with two attached hydrogens (primary N) is 1. The Labute approximate surface area is 149 Å². The highest BCUT2D eigenvalue weighted by Gasteiger charge is 2.21. The molecule has 0 bridgehead atoms. The van der Waals surface area contributed by atoms with Crippen LogP contribution >= 0.6 is 0 Å². The lowest BCUT2D eigenvalue weighted by Gasteiger charge is -2.11. The average molecular weight is 354 g/mol. The Morgan fingerprint density at radius 3 is 2.62 bits per heavy atom. The zero-order chi connectivity index (χ0) is 18.8. The summed E-state index contributed by atoms with van der Waals surface area (Å²) in [7, 11) is 1.44. The van der Waals surface area contributed by atoms with E-state index in [0.717, 1.165) is 5.56 Å². The normalized spacial score (nSPS) is 10.6. The van der Waals surface area contributed by atoms with E-state index in [4.69, 9.17) is 15.3 Å². The van der Waals surface area contributed by atoms with E-state index in [9.17, 15) is 9.59 Å². The average Bonchev–Trinajstić information content (AvgIpc) is 2.95. The van der Waals surface area contributed by atoms with Gasteiger partial charge >= 0.3 is 5.97 Å². The number of pyridine rings is 1. The Kier molecular flexibility index (Phi) is 4.59. The molecule has 3 N–H and O–H groups in total. The van der Waals surface area contributed by atoms with Gasteiger partial charge in [0.25, 0.3) is 5.91 Å². The maximum absolute atomic E-state index is 12.7. The molecule has 2 heterocycles. The Morgan fingerprint density at radius 1 is 1.15 bits per heavy atom. The van der Waals surface area contributed by atoms with Crippen molar-refractivity contribution >= 4 is 17.5 Å². The molecule has 0 saturated heterocycles. The molecule has 0 saturated carbocycles. The van der Waals surface area contributed by atoms with E-state index in [1.54, 1.807) is 17.5 Å². The summed E-state index contributed by atoms with van der Waals surface area (Å²) < 4.78 is 12.4. The third-order valence-electron chi connectivity index (χ3n) is 3.91. The summed E-state index contributed by atoms with van der Waals surface area (Å²) in [5.74, 6) is 4.46. The molecule has 0 aliphatic carbocycles. The van der Waals surface area contributed by atoms with Gasteiger partial charge in [-0.2, -0.15) is 0 Å². The van der Waals surface area contributed by atoms with Crippen molar-refractivity contribution in [3.05, 3.63) is 59.0 Å². The summed E-state index contributed by atoms with van der Waals surface area (Å²) in [6.45, 7) is 3.68. The molecule has 0 fully saturated rings. The highest BCUT2D eigenvalue weighted by atomic mass is 16.6. The van der Waals surface area contributed by atoms with E-state index in [1.807, 2.05) is 24.5 Å². The number of methoxy groups -OCH3 is 1. The van der Waals surface area contributed by atoms with E-state index in [0.29, 0.717) is 22.8 Å². The molecule has 1 amide bonds. The first kappa shape index (κ1) is 17.4. The largest absolute Gasteiger partial charge is 0.493 e. The standard InChI is InChI=1S/C18H18N4O4/c1-10-6-7-22-15(8-10)20-11(2)16(22)18(24)26-14-9-12(17(23)21-19)4-5-13(14)25-3/h4-9H,19H2,1-3H3,(H,21,23). The van der Waals surface area contributed by atoms with Crippen LogP contribution in [-0.4, -0.2) is 28.4 Å². The molecule has 0 aliphatic heterocycles. The molecule has 0 unspecified atom stereocenters. The van der Waals surface area contributed by atoms with Gasteiger partial charge in [-0.25, -0.2) is 15.6 Å². The number of hydrazine groups is 1. The summed E-state index contributed by atoms with van der Waals surface area (Å²) in [6.07, 6.45) is 1.76. The molecule has 26 heavy (non-hydrogen) atoms. The van der Waals surface area contributed by atoms with Crippen molar-refractivity contribution in [3.63, 3.8) is 0 Å². The number of rotatable bonds is 4. The van der Waals surface area contributed by atoms with Gasteiger partial charge in [-0.05, 0) is 49.7 Å². The van der Waals surface area contributed by atoms with Crippen LogP contribution in [0.25, 0.3) is 5.65 Å². The minimum Gasteiger partial charge on any atom is -0.493 e. The smallest absolute Gasteiger partial charge is 0.362 e. The Hall–Kier alpha value is -3.39. The number of aromatic nitrogens is 2. The molecule has 8 nitrogen and oxygen atoms in total. The highest BCUT2D eigenvalue weighted by molar-refractivity contribution is 5.95. The topological polar surface area (TPSA) is 108 Å². The lowest BCUT2D eigenvalue weighted by atomic mass is 10.2. The van der Waals surface area contributed by atoms with Crippen LogP contribution in [0.15, 0.2) is 36.5 Å². The number of hydrogen-bond donors (Lipinski definition) is 2. The maximum atomic E-state index is 12.7. The van der Waals surface area contributed by atoms with Crippen molar-refractivity contribution in [3.8, 4) is 11.5 Å². The number of aryl methyl sites for hydroxylation is 2. The molecule has 0 atom stereocenters. The first-order valence-electron chi connectivity index (χ1n) is 7.81. The highest BCUT2D eigenvalue weighted by Crippen LogP contribution is 2.29. The number of esters is 1. The third-order valence-corrected chi connectivity index (χ3v) is 3.91. The summed E-state index contributed by atoms with van der Waals surface area (Å²) in [4.78, 5) is 28.8. The van der Waals surface area contributed by atoms with Gasteiger partial charge in [0.1, 0.15) is 5.65 Å². The van der Waals surface area contributed by atoms with Crippen LogP contribution in [-0.2, 0) is 0 Å². The number of benzene rings is 1. The van der Waals surface area contributed by atoms with Crippen LogP contribution in [0.3, 0.4) is 0 Å². The number of nitrogens with zero attached hydrogens (tertiary/aromatic N) is 2. The SMILES string of the molecule is COc1ccc(C(=O)NN)cc1OC(=O)c1c(C)nc2cc(C)ccn12. The van der Waals surface area contributed by atoms with Gasteiger partial charge in [0.15, 0.2) is 17.2 Å². The quantitative estimate of drug-likeness (QED) is 0.243. The van der Waals surface area contributed by atoms with Gasteiger partial charge in [0.05, 0.1) is 12.8 Å². The predicted molar refractivity (Wildman–Crippen MR) is 94.3 cm³/mol. The minimum atomic E-state index is -0.609. The number of carbonyl (C=O) groups is 2. The number of carbonyl (C=O) groups excluding carboxylic acids is 2. The van der Waals surface area contributed by atoms with E-state index in [-0.39, 0.29) is 11.3 Å². The second-order valence-corrected chi connectivity index (χ2v) is 5.71. The second kappa shape index (κ2) is 6.85. The van der Waals surface area contributed by atoms with Crippen molar-refractivity contribution in [1.29, 1.82) is 0 Å².